The molecule has 13 heavy (non-hydrogen) atoms. The van der Waals surface area contributed by atoms with Crippen LogP contribution >= 0.6 is 11.8 Å². The molecule has 74 valence electrons. The number of aliphatic imine (C=N–C) groups is 1. The average Bonchev–Trinajstić information content (AvgIpc) is 2.04. The van der Waals surface area contributed by atoms with Crippen LogP contribution in [-0.2, 0) is 0 Å². The molecule has 0 saturated heterocycles. The van der Waals surface area contributed by atoms with Crippen LogP contribution in [0.4, 0.5) is 0 Å². The SMILES string of the molecule is C=C/N=C(/CCCC(C)C)SC=C. The Morgan fingerprint density at radius 2 is 2.15 bits per heavy atom. The van der Waals surface area contributed by atoms with Gasteiger partial charge in [-0.15, -0.1) is 0 Å². The summed E-state index contributed by atoms with van der Waals surface area (Å²) in [4.78, 5) is 4.18. The molecular weight excluding hydrogens is 178 g/mol. The number of nitrogens with zero attached hydrogens (tertiary/aromatic N) is 1. The Morgan fingerprint density at radius 3 is 2.62 bits per heavy atom. The predicted octanol–water partition coefficient (Wildman–Crippen LogP) is 4.23. The van der Waals surface area contributed by atoms with Crippen LogP contribution in [0.3, 0.4) is 0 Å². The summed E-state index contributed by atoms with van der Waals surface area (Å²) in [5.74, 6) is 0.777. The summed E-state index contributed by atoms with van der Waals surface area (Å²) in [6.07, 6.45) is 5.10. The summed E-state index contributed by atoms with van der Waals surface area (Å²) in [6.45, 7) is 11.7. The monoisotopic (exact) mass is 197 g/mol. The molecule has 0 spiro atoms. The average molecular weight is 197 g/mol. The summed E-state index contributed by atoms with van der Waals surface area (Å²) in [5, 5.41) is 2.93. The van der Waals surface area contributed by atoms with Crippen molar-refractivity contribution >= 4 is 16.8 Å². The van der Waals surface area contributed by atoms with Crippen molar-refractivity contribution in [1.82, 2.24) is 0 Å². The highest BCUT2D eigenvalue weighted by Crippen LogP contribution is 2.14. The Labute approximate surface area is 86.0 Å². The summed E-state index contributed by atoms with van der Waals surface area (Å²) < 4.78 is 0. The molecule has 0 aliphatic carbocycles. The summed E-state index contributed by atoms with van der Waals surface area (Å²) in [5.41, 5.74) is 0. The standard InChI is InChI=1S/C11H19NS/c1-5-12-11(13-6-2)9-7-8-10(3)4/h5-6,10H,1-2,7-9H2,3-4H3/b12-11-. The molecule has 0 radical (unpaired) electrons. The maximum atomic E-state index is 4.18. The number of rotatable bonds is 6. The van der Waals surface area contributed by atoms with Crippen LogP contribution in [0.25, 0.3) is 0 Å². The van der Waals surface area contributed by atoms with Gasteiger partial charge in [0.25, 0.3) is 0 Å². The van der Waals surface area contributed by atoms with Gasteiger partial charge in [0.1, 0.15) is 0 Å². The Hall–Kier alpha value is -0.500. The second-order valence-corrected chi connectivity index (χ2v) is 4.32. The first-order valence-electron chi connectivity index (χ1n) is 4.65. The fourth-order valence-electron chi connectivity index (χ4n) is 1.01. The Bertz CT molecular complexity index is 183. The summed E-state index contributed by atoms with van der Waals surface area (Å²) in [7, 11) is 0. The van der Waals surface area contributed by atoms with E-state index in [2.05, 4.69) is 32.0 Å². The topological polar surface area (TPSA) is 12.4 Å². The van der Waals surface area contributed by atoms with E-state index in [0.29, 0.717) is 0 Å². The molecule has 0 saturated carbocycles. The van der Waals surface area contributed by atoms with Gasteiger partial charge in [-0.05, 0) is 24.2 Å². The molecule has 0 aromatic rings. The molecule has 0 aliphatic heterocycles. The minimum Gasteiger partial charge on any atom is -0.255 e. The molecule has 0 amide bonds. The summed E-state index contributed by atoms with van der Waals surface area (Å²) >= 11 is 1.60. The van der Waals surface area contributed by atoms with E-state index in [4.69, 9.17) is 0 Å². The molecule has 0 fully saturated rings. The first-order valence-corrected chi connectivity index (χ1v) is 5.53. The van der Waals surface area contributed by atoms with Crippen molar-refractivity contribution in [3.05, 3.63) is 24.8 Å². The van der Waals surface area contributed by atoms with Gasteiger partial charge in [-0.2, -0.15) is 0 Å². The van der Waals surface area contributed by atoms with E-state index >= 15 is 0 Å². The molecule has 0 aromatic heterocycles. The van der Waals surface area contributed by atoms with Crippen LogP contribution in [-0.4, -0.2) is 5.04 Å². The van der Waals surface area contributed by atoms with Gasteiger partial charge in [0.15, 0.2) is 0 Å². The normalized spacial score (nSPS) is 11.8. The van der Waals surface area contributed by atoms with E-state index in [0.717, 1.165) is 17.4 Å². The van der Waals surface area contributed by atoms with Crippen molar-refractivity contribution in [2.24, 2.45) is 10.9 Å². The fraction of sp³-hybridized carbons (Fsp3) is 0.545. The van der Waals surface area contributed by atoms with E-state index in [1.807, 2.05) is 5.41 Å². The Morgan fingerprint density at radius 1 is 1.46 bits per heavy atom. The number of hydrogen-bond acceptors (Lipinski definition) is 2. The smallest absolute Gasteiger partial charge is 0.0772 e. The molecule has 0 heterocycles. The van der Waals surface area contributed by atoms with Crippen molar-refractivity contribution in [2.75, 3.05) is 0 Å². The van der Waals surface area contributed by atoms with Crippen LogP contribution in [0, 0.1) is 5.92 Å². The third-order valence-corrected chi connectivity index (χ3v) is 2.38. The lowest BCUT2D eigenvalue weighted by Gasteiger charge is -2.04. The quantitative estimate of drug-likeness (QED) is 0.458. The first kappa shape index (κ1) is 12.5. The predicted molar refractivity (Wildman–Crippen MR) is 64.1 cm³/mol. The van der Waals surface area contributed by atoms with Gasteiger partial charge in [-0.1, -0.05) is 45.2 Å². The van der Waals surface area contributed by atoms with E-state index in [9.17, 15) is 0 Å². The second-order valence-electron chi connectivity index (χ2n) is 3.28. The van der Waals surface area contributed by atoms with Gasteiger partial charge >= 0.3 is 0 Å². The molecule has 1 nitrogen and oxygen atoms in total. The third-order valence-electron chi connectivity index (χ3n) is 1.63. The maximum Gasteiger partial charge on any atom is 0.0772 e. The van der Waals surface area contributed by atoms with Crippen molar-refractivity contribution < 1.29 is 0 Å². The first-order chi connectivity index (χ1) is 6.20. The molecule has 2 heteroatoms. The van der Waals surface area contributed by atoms with Gasteiger partial charge < -0.3 is 0 Å². The van der Waals surface area contributed by atoms with Crippen LogP contribution in [0.15, 0.2) is 29.8 Å². The Balaban J connectivity index is 3.75. The zero-order valence-electron chi connectivity index (χ0n) is 8.62. The highest BCUT2D eigenvalue weighted by Gasteiger charge is 1.99. The zero-order chi connectivity index (χ0) is 10.1. The van der Waals surface area contributed by atoms with Gasteiger partial charge in [0, 0.05) is 6.20 Å². The number of hydrogen-bond donors (Lipinski definition) is 0. The molecular formula is C11H19NS. The van der Waals surface area contributed by atoms with Crippen LogP contribution in [0.2, 0.25) is 0 Å². The highest BCUT2D eigenvalue weighted by molar-refractivity contribution is 8.16. The zero-order valence-corrected chi connectivity index (χ0v) is 9.44. The molecule has 0 aliphatic rings. The van der Waals surface area contributed by atoms with E-state index in [1.54, 1.807) is 18.0 Å². The minimum atomic E-state index is 0.777. The molecule has 0 N–H and O–H groups in total. The van der Waals surface area contributed by atoms with Gasteiger partial charge in [0.2, 0.25) is 0 Å². The van der Waals surface area contributed by atoms with Crippen LogP contribution in [0.1, 0.15) is 33.1 Å². The van der Waals surface area contributed by atoms with Crippen molar-refractivity contribution in [1.29, 1.82) is 0 Å². The highest BCUT2D eigenvalue weighted by atomic mass is 32.2. The van der Waals surface area contributed by atoms with Gasteiger partial charge in [-0.25, -0.2) is 0 Å². The van der Waals surface area contributed by atoms with Crippen molar-refractivity contribution in [3.8, 4) is 0 Å². The molecule has 0 bridgehead atoms. The molecule has 0 unspecified atom stereocenters. The third kappa shape index (κ3) is 7.85. The van der Waals surface area contributed by atoms with E-state index in [1.165, 1.54) is 12.8 Å². The molecule has 0 atom stereocenters. The molecule has 0 aromatic carbocycles. The fourth-order valence-corrected chi connectivity index (χ4v) is 1.60. The lowest BCUT2D eigenvalue weighted by Crippen LogP contribution is -1.93. The van der Waals surface area contributed by atoms with Gasteiger partial charge in [-0.3, -0.25) is 4.99 Å². The lowest BCUT2D eigenvalue weighted by atomic mass is 10.1. The van der Waals surface area contributed by atoms with Crippen LogP contribution in [0.5, 0.6) is 0 Å². The van der Waals surface area contributed by atoms with Gasteiger partial charge in [0.05, 0.1) is 5.04 Å². The van der Waals surface area contributed by atoms with Crippen molar-refractivity contribution in [2.45, 2.75) is 33.1 Å². The second kappa shape index (κ2) is 8.11. The molecule has 0 rings (SSSR count). The van der Waals surface area contributed by atoms with Crippen LogP contribution < -0.4 is 0 Å². The van der Waals surface area contributed by atoms with E-state index in [-0.39, 0.29) is 0 Å². The minimum absolute atomic E-state index is 0.777. The number of thioether (sulfide) groups is 1. The summed E-state index contributed by atoms with van der Waals surface area (Å²) in [6, 6.07) is 0. The maximum absolute atomic E-state index is 4.18. The largest absolute Gasteiger partial charge is 0.255 e. The lowest BCUT2D eigenvalue weighted by molar-refractivity contribution is 0.566. The van der Waals surface area contributed by atoms with E-state index < -0.39 is 0 Å². The van der Waals surface area contributed by atoms with Crippen molar-refractivity contribution in [3.63, 3.8) is 0 Å². The Kier molecular flexibility index (Phi) is 7.80.